The van der Waals surface area contributed by atoms with Gasteiger partial charge in [0.2, 0.25) is 0 Å². The maximum Gasteiger partial charge on any atom is 0.0850 e. The van der Waals surface area contributed by atoms with Crippen molar-refractivity contribution in [2.75, 3.05) is 0 Å². The van der Waals surface area contributed by atoms with Crippen LogP contribution in [0.3, 0.4) is 0 Å². The second-order valence-electron chi connectivity index (χ2n) is 6.67. The molecule has 1 saturated carbocycles. The van der Waals surface area contributed by atoms with Crippen LogP contribution in [0.2, 0.25) is 5.02 Å². The van der Waals surface area contributed by atoms with Crippen LogP contribution >= 0.6 is 11.6 Å². The molecule has 0 radical (unpaired) electrons. The lowest BCUT2D eigenvalue weighted by molar-refractivity contribution is -0.0159. The minimum atomic E-state index is -0.603. The zero-order chi connectivity index (χ0) is 14.9. The summed E-state index contributed by atoms with van der Waals surface area (Å²) in [5.74, 6) is 1.47. The number of aryl methyl sites for hydroxylation is 2. The molecular formula is C16H27ClN2O. The van der Waals surface area contributed by atoms with Crippen molar-refractivity contribution < 1.29 is 5.11 Å². The Kier molecular flexibility index (Phi) is 4.80. The van der Waals surface area contributed by atoms with E-state index in [1.54, 1.807) is 0 Å². The first kappa shape index (κ1) is 15.8. The molecule has 3 nitrogen and oxygen atoms in total. The summed E-state index contributed by atoms with van der Waals surface area (Å²) in [6.07, 6.45) is 5.44. The average molecular weight is 299 g/mol. The number of rotatable bonds is 4. The van der Waals surface area contributed by atoms with Gasteiger partial charge in [-0.3, -0.25) is 4.68 Å². The van der Waals surface area contributed by atoms with Gasteiger partial charge in [-0.15, -0.1) is 0 Å². The second-order valence-corrected chi connectivity index (χ2v) is 7.05. The third-order valence-corrected chi connectivity index (χ3v) is 5.34. The molecule has 0 amide bonds. The largest absolute Gasteiger partial charge is 0.389 e. The fourth-order valence-electron chi connectivity index (χ4n) is 3.34. The van der Waals surface area contributed by atoms with Crippen LogP contribution in [0.1, 0.15) is 57.8 Å². The van der Waals surface area contributed by atoms with Crippen LogP contribution in [0.25, 0.3) is 0 Å². The maximum absolute atomic E-state index is 10.9. The van der Waals surface area contributed by atoms with Gasteiger partial charge >= 0.3 is 0 Å². The number of aromatic nitrogens is 2. The smallest absolute Gasteiger partial charge is 0.0850 e. The molecule has 114 valence electrons. The fourth-order valence-corrected chi connectivity index (χ4v) is 3.71. The van der Waals surface area contributed by atoms with E-state index in [-0.39, 0.29) is 0 Å². The van der Waals surface area contributed by atoms with Crippen LogP contribution in [0.5, 0.6) is 0 Å². The third kappa shape index (κ3) is 3.20. The van der Waals surface area contributed by atoms with Crippen LogP contribution in [0.15, 0.2) is 0 Å². The Bertz CT molecular complexity index is 459. The van der Waals surface area contributed by atoms with E-state index in [0.717, 1.165) is 54.4 Å². The van der Waals surface area contributed by atoms with Crippen molar-refractivity contribution in [3.63, 3.8) is 0 Å². The summed E-state index contributed by atoms with van der Waals surface area (Å²) < 4.78 is 1.84. The molecule has 1 N–H and O–H groups in total. The van der Waals surface area contributed by atoms with Gasteiger partial charge in [-0.2, -0.15) is 5.10 Å². The average Bonchev–Trinajstić information content (AvgIpc) is 2.66. The molecule has 1 aromatic heterocycles. The van der Waals surface area contributed by atoms with E-state index in [9.17, 15) is 5.11 Å². The van der Waals surface area contributed by atoms with Crippen molar-refractivity contribution >= 4 is 11.6 Å². The molecule has 1 fully saturated rings. The Balaban J connectivity index is 2.09. The number of nitrogens with zero attached hydrogens (tertiary/aromatic N) is 2. The standard InChI is InChI=1S/C16H27ClN2O/c1-5-13-15(17)14(19(4)18-13)10-16(20)8-6-12(7-9-16)11(2)3/h11-12,20H,5-10H2,1-4H3. The molecule has 1 heterocycles. The summed E-state index contributed by atoms with van der Waals surface area (Å²) >= 11 is 6.40. The normalized spacial score (nSPS) is 27.2. The molecule has 20 heavy (non-hydrogen) atoms. The predicted octanol–water partition coefficient (Wildman–Crippen LogP) is 3.76. The molecule has 0 saturated heterocycles. The summed E-state index contributed by atoms with van der Waals surface area (Å²) in [6, 6.07) is 0. The monoisotopic (exact) mass is 298 g/mol. The van der Waals surface area contributed by atoms with E-state index in [0.29, 0.717) is 12.3 Å². The predicted molar refractivity (Wildman–Crippen MR) is 83.0 cm³/mol. The molecule has 2 rings (SSSR count). The quantitative estimate of drug-likeness (QED) is 0.919. The number of aliphatic hydroxyl groups is 1. The third-order valence-electron chi connectivity index (χ3n) is 4.90. The number of hydrogen-bond acceptors (Lipinski definition) is 2. The minimum absolute atomic E-state index is 0.603. The maximum atomic E-state index is 10.9. The van der Waals surface area contributed by atoms with Gasteiger partial charge in [0.05, 0.1) is 22.0 Å². The van der Waals surface area contributed by atoms with Crippen molar-refractivity contribution in [1.82, 2.24) is 9.78 Å². The van der Waals surface area contributed by atoms with Gasteiger partial charge in [-0.25, -0.2) is 0 Å². The van der Waals surface area contributed by atoms with E-state index in [1.807, 2.05) is 11.7 Å². The Morgan fingerprint density at radius 3 is 2.45 bits per heavy atom. The first-order valence-electron chi connectivity index (χ1n) is 7.79. The highest BCUT2D eigenvalue weighted by molar-refractivity contribution is 6.31. The van der Waals surface area contributed by atoms with Gasteiger partial charge in [-0.05, 0) is 43.9 Å². The minimum Gasteiger partial charge on any atom is -0.389 e. The van der Waals surface area contributed by atoms with E-state index in [2.05, 4.69) is 25.9 Å². The van der Waals surface area contributed by atoms with Crippen LogP contribution in [-0.2, 0) is 19.9 Å². The zero-order valence-electron chi connectivity index (χ0n) is 13.1. The van der Waals surface area contributed by atoms with Crippen molar-refractivity contribution in [3.05, 3.63) is 16.4 Å². The van der Waals surface area contributed by atoms with E-state index >= 15 is 0 Å². The molecule has 1 aliphatic rings. The first-order chi connectivity index (χ1) is 9.36. The van der Waals surface area contributed by atoms with Crippen molar-refractivity contribution in [3.8, 4) is 0 Å². The summed E-state index contributed by atoms with van der Waals surface area (Å²) in [4.78, 5) is 0. The van der Waals surface area contributed by atoms with Crippen LogP contribution < -0.4 is 0 Å². The van der Waals surface area contributed by atoms with Crippen LogP contribution in [0, 0.1) is 11.8 Å². The van der Waals surface area contributed by atoms with Gasteiger partial charge in [-0.1, -0.05) is 32.4 Å². The molecule has 0 spiro atoms. The van der Waals surface area contributed by atoms with Crippen molar-refractivity contribution in [2.24, 2.45) is 18.9 Å². The molecule has 1 aliphatic carbocycles. The molecule has 1 aromatic rings. The fraction of sp³-hybridized carbons (Fsp3) is 0.812. The van der Waals surface area contributed by atoms with Crippen molar-refractivity contribution in [2.45, 2.75) is 64.9 Å². The van der Waals surface area contributed by atoms with Gasteiger partial charge in [0.1, 0.15) is 0 Å². The first-order valence-corrected chi connectivity index (χ1v) is 8.16. The highest BCUT2D eigenvalue weighted by atomic mass is 35.5. The van der Waals surface area contributed by atoms with Gasteiger partial charge in [0, 0.05) is 13.5 Å². The highest BCUT2D eigenvalue weighted by Gasteiger charge is 2.35. The Labute approximate surface area is 127 Å². The lowest BCUT2D eigenvalue weighted by Gasteiger charge is -2.37. The van der Waals surface area contributed by atoms with Crippen LogP contribution in [0.4, 0.5) is 0 Å². The highest BCUT2D eigenvalue weighted by Crippen LogP contribution is 2.38. The number of hydrogen-bond donors (Lipinski definition) is 1. The SMILES string of the molecule is CCc1nn(C)c(CC2(O)CCC(C(C)C)CC2)c1Cl. The van der Waals surface area contributed by atoms with Crippen molar-refractivity contribution in [1.29, 1.82) is 0 Å². The molecule has 0 atom stereocenters. The Hall–Kier alpha value is -0.540. The van der Waals surface area contributed by atoms with E-state index in [4.69, 9.17) is 11.6 Å². The lowest BCUT2D eigenvalue weighted by Crippen LogP contribution is -2.37. The summed E-state index contributed by atoms with van der Waals surface area (Å²) in [5.41, 5.74) is 1.31. The summed E-state index contributed by atoms with van der Waals surface area (Å²) in [7, 11) is 1.92. The van der Waals surface area contributed by atoms with Gasteiger partial charge in [0.25, 0.3) is 0 Å². The van der Waals surface area contributed by atoms with Gasteiger partial charge < -0.3 is 5.11 Å². The van der Waals surface area contributed by atoms with E-state index in [1.165, 1.54) is 0 Å². The second kappa shape index (κ2) is 6.07. The summed E-state index contributed by atoms with van der Waals surface area (Å²) in [5, 5.41) is 16.0. The molecule has 0 unspecified atom stereocenters. The molecular weight excluding hydrogens is 272 g/mol. The van der Waals surface area contributed by atoms with Gasteiger partial charge in [0.15, 0.2) is 0 Å². The zero-order valence-corrected chi connectivity index (χ0v) is 13.9. The Morgan fingerprint density at radius 2 is 2.00 bits per heavy atom. The molecule has 4 heteroatoms. The molecule has 0 aromatic carbocycles. The molecule has 0 aliphatic heterocycles. The Morgan fingerprint density at radius 1 is 1.40 bits per heavy atom. The number of halogens is 1. The van der Waals surface area contributed by atoms with E-state index < -0.39 is 5.60 Å². The lowest BCUT2D eigenvalue weighted by atomic mass is 9.73. The topological polar surface area (TPSA) is 38.0 Å². The molecule has 0 bridgehead atoms. The summed E-state index contributed by atoms with van der Waals surface area (Å²) in [6.45, 7) is 6.61. The van der Waals surface area contributed by atoms with Crippen LogP contribution in [-0.4, -0.2) is 20.5 Å².